The fraction of sp³-hybridized carbons (Fsp3) is 0.733. The van der Waals surface area contributed by atoms with E-state index in [0.717, 1.165) is 31.4 Å². The van der Waals surface area contributed by atoms with Gasteiger partial charge in [-0.15, -0.1) is 0 Å². The monoisotopic (exact) mass is 250 g/mol. The summed E-state index contributed by atoms with van der Waals surface area (Å²) in [4.78, 5) is 2.51. The summed E-state index contributed by atoms with van der Waals surface area (Å²) in [5, 5.41) is 3.52. The van der Waals surface area contributed by atoms with Gasteiger partial charge < -0.3 is 9.73 Å². The fourth-order valence-electron chi connectivity index (χ4n) is 2.21. The van der Waals surface area contributed by atoms with E-state index in [-0.39, 0.29) is 0 Å². The van der Waals surface area contributed by atoms with Gasteiger partial charge in [0.05, 0.1) is 12.8 Å². The third kappa shape index (κ3) is 3.85. The number of nitrogens with one attached hydrogen (secondary N) is 1. The van der Waals surface area contributed by atoms with Crippen molar-refractivity contribution in [1.29, 1.82) is 0 Å². The largest absolute Gasteiger partial charge is 0.468 e. The first kappa shape index (κ1) is 13.6. The molecule has 0 unspecified atom stereocenters. The van der Waals surface area contributed by atoms with Crippen LogP contribution in [0.5, 0.6) is 0 Å². The molecule has 0 saturated heterocycles. The Morgan fingerprint density at radius 2 is 2.22 bits per heavy atom. The molecule has 0 bridgehead atoms. The number of rotatable bonds is 8. The number of hydrogen-bond donors (Lipinski definition) is 1. The Morgan fingerprint density at radius 1 is 1.44 bits per heavy atom. The summed E-state index contributed by atoms with van der Waals surface area (Å²) in [5.41, 5.74) is 1.34. The van der Waals surface area contributed by atoms with Gasteiger partial charge in [-0.2, -0.15) is 0 Å². The predicted molar refractivity (Wildman–Crippen MR) is 74.4 cm³/mol. The van der Waals surface area contributed by atoms with Crippen LogP contribution in [0.15, 0.2) is 16.7 Å². The van der Waals surface area contributed by atoms with Crippen molar-refractivity contribution >= 4 is 0 Å². The normalized spacial score (nSPS) is 15.8. The van der Waals surface area contributed by atoms with E-state index in [1.165, 1.54) is 24.8 Å². The summed E-state index contributed by atoms with van der Waals surface area (Å²) >= 11 is 0. The molecule has 3 nitrogen and oxygen atoms in total. The molecule has 1 N–H and O–H groups in total. The van der Waals surface area contributed by atoms with Crippen LogP contribution in [0.25, 0.3) is 0 Å². The van der Waals surface area contributed by atoms with E-state index >= 15 is 0 Å². The zero-order chi connectivity index (χ0) is 13.0. The minimum Gasteiger partial charge on any atom is -0.468 e. The Kier molecular flexibility index (Phi) is 4.84. The fourth-order valence-corrected chi connectivity index (χ4v) is 2.21. The summed E-state index contributed by atoms with van der Waals surface area (Å²) in [7, 11) is 0. The van der Waals surface area contributed by atoms with E-state index in [2.05, 4.69) is 37.1 Å². The third-order valence-corrected chi connectivity index (χ3v) is 3.58. The molecule has 0 amide bonds. The second-order valence-corrected chi connectivity index (χ2v) is 5.59. The lowest BCUT2D eigenvalue weighted by Gasteiger charge is -2.25. The van der Waals surface area contributed by atoms with E-state index in [9.17, 15) is 0 Å². The molecule has 1 aromatic rings. The van der Waals surface area contributed by atoms with Crippen molar-refractivity contribution in [3.8, 4) is 0 Å². The highest BCUT2D eigenvalue weighted by Gasteiger charge is 2.21. The summed E-state index contributed by atoms with van der Waals surface area (Å²) in [5.74, 6) is 1.11. The Bertz CT molecular complexity index is 355. The van der Waals surface area contributed by atoms with E-state index in [1.807, 2.05) is 6.26 Å². The summed E-state index contributed by atoms with van der Waals surface area (Å²) < 4.78 is 5.61. The van der Waals surface area contributed by atoms with Crippen molar-refractivity contribution in [2.75, 3.05) is 6.54 Å². The van der Waals surface area contributed by atoms with Gasteiger partial charge in [-0.25, -0.2) is 0 Å². The molecule has 3 heteroatoms. The van der Waals surface area contributed by atoms with Gasteiger partial charge in [0.25, 0.3) is 0 Å². The molecule has 1 aliphatic carbocycles. The molecular formula is C15H26N2O. The van der Waals surface area contributed by atoms with Crippen molar-refractivity contribution in [1.82, 2.24) is 10.2 Å². The SMILES string of the molecule is CCCN(Cc1ccoc1CNC1CC1)C(C)C. The van der Waals surface area contributed by atoms with Crippen LogP contribution in [0, 0.1) is 0 Å². The minimum absolute atomic E-state index is 0.587. The van der Waals surface area contributed by atoms with Crippen LogP contribution in [0.3, 0.4) is 0 Å². The lowest BCUT2D eigenvalue weighted by Crippen LogP contribution is -2.31. The first-order chi connectivity index (χ1) is 8.70. The molecule has 1 saturated carbocycles. The summed E-state index contributed by atoms with van der Waals surface area (Å²) in [6.07, 6.45) is 5.67. The molecule has 2 rings (SSSR count). The van der Waals surface area contributed by atoms with Crippen LogP contribution in [-0.4, -0.2) is 23.5 Å². The second-order valence-electron chi connectivity index (χ2n) is 5.59. The van der Waals surface area contributed by atoms with Crippen LogP contribution in [0.2, 0.25) is 0 Å². The van der Waals surface area contributed by atoms with Gasteiger partial charge in [0.15, 0.2) is 0 Å². The van der Waals surface area contributed by atoms with Crippen molar-refractivity contribution in [3.05, 3.63) is 23.7 Å². The maximum absolute atomic E-state index is 5.61. The summed E-state index contributed by atoms with van der Waals surface area (Å²) in [6, 6.07) is 3.44. The van der Waals surface area contributed by atoms with Crippen LogP contribution in [0.1, 0.15) is 51.4 Å². The molecule has 1 fully saturated rings. The first-order valence-electron chi connectivity index (χ1n) is 7.23. The van der Waals surface area contributed by atoms with E-state index in [0.29, 0.717) is 6.04 Å². The molecule has 0 aliphatic heterocycles. The van der Waals surface area contributed by atoms with Gasteiger partial charge in [-0.1, -0.05) is 6.92 Å². The van der Waals surface area contributed by atoms with Crippen molar-refractivity contribution in [2.24, 2.45) is 0 Å². The van der Waals surface area contributed by atoms with Gasteiger partial charge in [-0.3, -0.25) is 4.90 Å². The smallest absolute Gasteiger partial charge is 0.122 e. The van der Waals surface area contributed by atoms with E-state index in [1.54, 1.807) is 0 Å². The zero-order valence-electron chi connectivity index (χ0n) is 11.9. The molecule has 18 heavy (non-hydrogen) atoms. The van der Waals surface area contributed by atoms with Crippen LogP contribution in [-0.2, 0) is 13.1 Å². The van der Waals surface area contributed by atoms with Gasteiger partial charge >= 0.3 is 0 Å². The van der Waals surface area contributed by atoms with Gasteiger partial charge in [-0.05, 0) is 45.7 Å². The molecule has 1 aromatic heterocycles. The lowest BCUT2D eigenvalue weighted by molar-refractivity contribution is 0.211. The number of nitrogens with zero attached hydrogens (tertiary/aromatic N) is 1. The van der Waals surface area contributed by atoms with Crippen LogP contribution in [0.4, 0.5) is 0 Å². The van der Waals surface area contributed by atoms with E-state index in [4.69, 9.17) is 4.42 Å². The zero-order valence-corrected chi connectivity index (χ0v) is 11.9. The quantitative estimate of drug-likeness (QED) is 0.768. The van der Waals surface area contributed by atoms with Crippen molar-refractivity contribution in [3.63, 3.8) is 0 Å². The highest BCUT2D eigenvalue weighted by Crippen LogP contribution is 2.21. The van der Waals surface area contributed by atoms with Gasteiger partial charge in [0, 0.05) is 24.2 Å². The Hall–Kier alpha value is -0.800. The molecule has 102 valence electrons. The van der Waals surface area contributed by atoms with Gasteiger partial charge in [0.1, 0.15) is 5.76 Å². The highest BCUT2D eigenvalue weighted by molar-refractivity contribution is 5.17. The molecule has 1 heterocycles. The Balaban J connectivity index is 1.91. The number of hydrogen-bond acceptors (Lipinski definition) is 3. The predicted octanol–water partition coefficient (Wildman–Crippen LogP) is 3.15. The standard InChI is InChI=1S/C15H26N2O/c1-4-8-17(12(2)3)11-13-7-9-18-15(13)10-16-14-5-6-14/h7,9,12,14,16H,4-6,8,10-11H2,1-3H3. The van der Waals surface area contributed by atoms with Gasteiger partial charge in [0.2, 0.25) is 0 Å². The van der Waals surface area contributed by atoms with Crippen LogP contribution < -0.4 is 5.32 Å². The maximum Gasteiger partial charge on any atom is 0.122 e. The Labute approximate surface area is 111 Å². The molecule has 1 aliphatic rings. The van der Waals surface area contributed by atoms with Crippen LogP contribution >= 0.6 is 0 Å². The molecule has 0 spiro atoms. The molecule has 0 aromatic carbocycles. The average molecular weight is 250 g/mol. The third-order valence-electron chi connectivity index (χ3n) is 3.58. The molecule has 0 radical (unpaired) electrons. The first-order valence-corrected chi connectivity index (χ1v) is 7.23. The van der Waals surface area contributed by atoms with Crippen molar-refractivity contribution in [2.45, 2.75) is 65.2 Å². The summed E-state index contributed by atoms with van der Waals surface area (Å²) in [6.45, 7) is 9.79. The second kappa shape index (κ2) is 6.39. The number of furan rings is 1. The molecular weight excluding hydrogens is 224 g/mol. The topological polar surface area (TPSA) is 28.4 Å². The minimum atomic E-state index is 0.587. The van der Waals surface area contributed by atoms with Crippen molar-refractivity contribution < 1.29 is 4.42 Å². The maximum atomic E-state index is 5.61. The Morgan fingerprint density at radius 3 is 2.83 bits per heavy atom. The molecule has 0 atom stereocenters. The van der Waals surface area contributed by atoms with E-state index < -0.39 is 0 Å². The average Bonchev–Trinajstić information content (AvgIpc) is 3.06. The lowest BCUT2D eigenvalue weighted by atomic mass is 10.2. The highest BCUT2D eigenvalue weighted by atomic mass is 16.3.